The number of fused-ring (bicyclic) bond motifs is 1. The molecular formula is C37H46. The van der Waals surface area contributed by atoms with E-state index >= 15 is 0 Å². The zero-order valence-electron chi connectivity index (χ0n) is 23.7. The second-order valence-electron chi connectivity index (χ2n) is 12.7. The monoisotopic (exact) mass is 490 g/mol. The van der Waals surface area contributed by atoms with E-state index in [9.17, 15) is 0 Å². The first kappa shape index (κ1) is 26.0. The minimum atomic E-state index is 0.362. The van der Waals surface area contributed by atoms with Crippen molar-refractivity contribution in [3.63, 3.8) is 0 Å². The fourth-order valence-corrected chi connectivity index (χ4v) is 7.25. The van der Waals surface area contributed by atoms with Gasteiger partial charge in [-0.25, -0.2) is 0 Å². The Bertz CT molecular complexity index is 1240. The number of hydrogen-bond donors (Lipinski definition) is 0. The maximum absolute atomic E-state index is 4.58. The summed E-state index contributed by atoms with van der Waals surface area (Å²) in [6, 6.07) is 11.8. The Kier molecular flexibility index (Phi) is 7.75. The third kappa shape index (κ3) is 5.64. The molecular weight excluding hydrogens is 444 g/mol. The van der Waals surface area contributed by atoms with E-state index in [1.165, 1.54) is 95.0 Å². The van der Waals surface area contributed by atoms with Gasteiger partial charge in [0.05, 0.1) is 0 Å². The Hall–Kier alpha value is -2.60. The van der Waals surface area contributed by atoms with Gasteiger partial charge in [0.15, 0.2) is 0 Å². The fraction of sp³-hybridized carbons (Fsp3) is 0.459. The molecule has 2 aromatic carbocycles. The molecule has 3 aliphatic rings. The maximum Gasteiger partial charge on any atom is 0.00827 e. The normalized spacial score (nSPS) is 22.0. The van der Waals surface area contributed by atoms with Gasteiger partial charge in [0.1, 0.15) is 0 Å². The van der Waals surface area contributed by atoms with E-state index in [0.29, 0.717) is 17.8 Å². The predicted molar refractivity (Wildman–Crippen MR) is 162 cm³/mol. The second-order valence-corrected chi connectivity index (χ2v) is 12.7. The van der Waals surface area contributed by atoms with Crippen LogP contribution in [0.15, 0.2) is 72.4 Å². The van der Waals surface area contributed by atoms with Gasteiger partial charge in [0.25, 0.3) is 0 Å². The summed E-state index contributed by atoms with van der Waals surface area (Å²) in [4.78, 5) is 0. The van der Waals surface area contributed by atoms with Gasteiger partial charge in [-0.15, -0.1) is 0 Å². The number of aryl methyl sites for hydroxylation is 2. The van der Waals surface area contributed by atoms with Crippen LogP contribution in [-0.2, 0) is 12.8 Å². The van der Waals surface area contributed by atoms with Crippen LogP contribution in [-0.4, -0.2) is 0 Å². The lowest BCUT2D eigenvalue weighted by Crippen LogP contribution is -2.19. The van der Waals surface area contributed by atoms with Crippen LogP contribution in [0.3, 0.4) is 0 Å². The lowest BCUT2D eigenvalue weighted by molar-refractivity contribution is 0.356. The maximum atomic E-state index is 4.58. The molecule has 194 valence electrons. The van der Waals surface area contributed by atoms with Crippen molar-refractivity contribution in [1.82, 2.24) is 0 Å². The van der Waals surface area contributed by atoms with E-state index in [-0.39, 0.29) is 0 Å². The van der Waals surface area contributed by atoms with E-state index in [1.807, 2.05) is 0 Å². The minimum absolute atomic E-state index is 0.362. The average Bonchev–Trinajstić information content (AvgIpc) is 3.28. The first-order chi connectivity index (χ1) is 17.8. The van der Waals surface area contributed by atoms with Gasteiger partial charge >= 0.3 is 0 Å². The van der Waals surface area contributed by atoms with Crippen LogP contribution in [0, 0.1) is 37.5 Å². The van der Waals surface area contributed by atoms with Gasteiger partial charge in [-0.2, -0.15) is 0 Å². The third-order valence-corrected chi connectivity index (χ3v) is 9.21. The van der Waals surface area contributed by atoms with Crippen LogP contribution < -0.4 is 0 Å². The Morgan fingerprint density at radius 1 is 0.946 bits per heavy atom. The summed E-state index contributed by atoms with van der Waals surface area (Å²) < 4.78 is 0. The van der Waals surface area contributed by atoms with Crippen molar-refractivity contribution in [1.29, 1.82) is 0 Å². The summed E-state index contributed by atoms with van der Waals surface area (Å²) in [6.45, 7) is 18.2. The number of benzene rings is 2. The molecule has 0 nitrogen and oxygen atoms in total. The van der Waals surface area contributed by atoms with Gasteiger partial charge in [-0.3, -0.25) is 0 Å². The standard InChI is InChI=1S/C37H46/c1-24(2)17-31-16-15-26(4)34(28(31)6)22-30-20-32-13-10-14-33(36(32)23-30)37-19-25(3)18-27(5)35(37)21-29-11-8-7-9-12-29/h10,13-16,18-20,24,29,31,34H,4,6-9,11-12,17,21-23H2,1-3,5H3. The van der Waals surface area contributed by atoms with E-state index in [0.717, 1.165) is 18.8 Å². The number of allylic oxidation sites excluding steroid dienone is 5. The molecule has 0 heterocycles. The highest BCUT2D eigenvalue weighted by Gasteiger charge is 2.28. The molecule has 0 amide bonds. The molecule has 0 radical (unpaired) electrons. The Labute approximate surface area is 226 Å². The molecule has 0 N–H and O–H groups in total. The molecule has 2 unspecified atom stereocenters. The number of rotatable bonds is 7. The van der Waals surface area contributed by atoms with Crippen molar-refractivity contribution < 1.29 is 0 Å². The molecule has 0 saturated heterocycles. The van der Waals surface area contributed by atoms with Crippen molar-refractivity contribution in [2.45, 2.75) is 85.5 Å². The smallest absolute Gasteiger partial charge is 0.00827 e. The van der Waals surface area contributed by atoms with Crippen LogP contribution in [0.25, 0.3) is 17.2 Å². The summed E-state index contributed by atoms with van der Waals surface area (Å²) in [6.07, 6.45) is 18.6. The van der Waals surface area contributed by atoms with E-state index in [1.54, 1.807) is 5.56 Å². The summed E-state index contributed by atoms with van der Waals surface area (Å²) in [7, 11) is 0. The fourth-order valence-electron chi connectivity index (χ4n) is 7.25. The molecule has 37 heavy (non-hydrogen) atoms. The largest absolute Gasteiger partial charge is 0.0986 e. The first-order valence-corrected chi connectivity index (χ1v) is 14.8. The van der Waals surface area contributed by atoms with Gasteiger partial charge in [-0.1, -0.05) is 124 Å². The van der Waals surface area contributed by atoms with E-state index in [2.05, 4.69) is 89.4 Å². The first-order valence-electron chi connectivity index (χ1n) is 14.8. The van der Waals surface area contributed by atoms with Crippen molar-refractivity contribution in [3.8, 4) is 11.1 Å². The highest BCUT2D eigenvalue weighted by Crippen LogP contribution is 2.43. The zero-order chi connectivity index (χ0) is 26.1. The molecule has 2 aromatic rings. The van der Waals surface area contributed by atoms with E-state index in [4.69, 9.17) is 0 Å². The Balaban J connectivity index is 1.41. The van der Waals surface area contributed by atoms with Crippen LogP contribution in [0.4, 0.5) is 0 Å². The summed E-state index contributed by atoms with van der Waals surface area (Å²) in [5, 5.41) is 0. The van der Waals surface area contributed by atoms with Gasteiger partial charge in [-0.05, 0) is 96.2 Å². The zero-order valence-corrected chi connectivity index (χ0v) is 23.7. The van der Waals surface area contributed by atoms with Crippen molar-refractivity contribution in [2.24, 2.45) is 23.7 Å². The summed E-state index contributed by atoms with van der Waals surface area (Å²) in [5.41, 5.74) is 14.4. The third-order valence-electron chi connectivity index (χ3n) is 9.21. The number of hydrogen-bond acceptors (Lipinski definition) is 0. The Morgan fingerprint density at radius 3 is 2.49 bits per heavy atom. The van der Waals surface area contributed by atoms with Crippen molar-refractivity contribution >= 4 is 6.08 Å². The minimum Gasteiger partial charge on any atom is -0.0986 e. The van der Waals surface area contributed by atoms with Crippen molar-refractivity contribution in [3.05, 3.63) is 100 Å². The predicted octanol–water partition coefficient (Wildman–Crippen LogP) is 10.4. The van der Waals surface area contributed by atoms with Gasteiger partial charge in [0.2, 0.25) is 0 Å². The highest BCUT2D eigenvalue weighted by atomic mass is 14.3. The van der Waals surface area contributed by atoms with Crippen LogP contribution in [0.1, 0.15) is 86.6 Å². The molecule has 3 aliphatic carbocycles. The quantitative estimate of drug-likeness (QED) is 0.339. The van der Waals surface area contributed by atoms with Gasteiger partial charge in [0, 0.05) is 5.92 Å². The lowest BCUT2D eigenvalue weighted by atomic mass is 9.74. The molecule has 0 spiro atoms. The topological polar surface area (TPSA) is 0 Å². The average molecular weight is 491 g/mol. The lowest BCUT2D eigenvalue weighted by Gasteiger charge is -2.31. The summed E-state index contributed by atoms with van der Waals surface area (Å²) >= 11 is 0. The van der Waals surface area contributed by atoms with Crippen LogP contribution in [0.5, 0.6) is 0 Å². The molecule has 1 saturated carbocycles. The van der Waals surface area contributed by atoms with E-state index < -0.39 is 0 Å². The van der Waals surface area contributed by atoms with Crippen LogP contribution >= 0.6 is 0 Å². The second kappa shape index (κ2) is 11.0. The molecule has 0 aromatic heterocycles. The van der Waals surface area contributed by atoms with Crippen LogP contribution in [0.2, 0.25) is 0 Å². The molecule has 0 heteroatoms. The molecule has 5 rings (SSSR count). The molecule has 0 aliphatic heterocycles. The molecule has 0 bridgehead atoms. The summed E-state index contributed by atoms with van der Waals surface area (Å²) in [5.74, 6) is 2.36. The molecule has 2 atom stereocenters. The SMILES string of the molecule is C=C1C=CC(CC(C)C)C(=C)C1CC1=Cc2cccc(-c3cc(C)cc(C)c3CC3CCCCC3)c2C1. The molecule has 1 fully saturated rings. The van der Waals surface area contributed by atoms with Crippen molar-refractivity contribution in [2.75, 3.05) is 0 Å². The Morgan fingerprint density at radius 2 is 1.73 bits per heavy atom. The highest BCUT2D eigenvalue weighted by molar-refractivity contribution is 5.80. The van der Waals surface area contributed by atoms with Gasteiger partial charge < -0.3 is 0 Å².